The molecule has 4 aromatic rings. The fraction of sp³-hybridized carbons (Fsp3) is 0.333. The van der Waals surface area contributed by atoms with Crippen molar-refractivity contribution in [3.63, 3.8) is 0 Å². The number of anilines is 1. The molecule has 222 valence electrons. The molecule has 0 radical (unpaired) electrons. The molecule has 0 saturated carbocycles. The van der Waals surface area contributed by atoms with Crippen molar-refractivity contribution < 1.29 is 9.59 Å². The highest BCUT2D eigenvalue weighted by atomic mass is 35.5. The van der Waals surface area contributed by atoms with Crippen LogP contribution in [0.4, 0.5) is 5.69 Å². The molecule has 6 rings (SSSR count). The smallest absolute Gasteiger partial charge is 0.245 e. The van der Waals surface area contributed by atoms with Gasteiger partial charge in [-0.1, -0.05) is 66.2 Å². The lowest BCUT2D eigenvalue weighted by Gasteiger charge is -2.39. The molecule has 2 aliphatic heterocycles. The van der Waals surface area contributed by atoms with Crippen molar-refractivity contribution in [3.05, 3.63) is 113 Å². The Morgan fingerprint density at radius 3 is 2.44 bits per heavy atom. The Balaban J connectivity index is 1.16. The molecule has 10 heteroatoms. The monoisotopic (exact) mass is 597 g/mol. The van der Waals surface area contributed by atoms with Gasteiger partial charge in [-0.05, 0) is 53.8 Å². The third-order valence-corrected chi connectivity index (χ3v) is 8.76. The van der Waals surface area contributed by atoms with Crippen molar-refractivity contribution in [1.82, 2.24) is 30.3 Å². The number of carbonyl (C=O) groups excluding carboxylic acids is 2. The molecule has 43 heavy (non-hydrogen) atoms. The zero-order valence-electron chi connectivity index (χ0n) is 24.2. The number of benzene rings is 3. The average molecular weight is 598 g/mol. The van der Waals surface area contributed by atoms with Gasteiger partial charge in [0.15, 0.2) is 0 Å². The van der Waals surface area contributed by atoms with Crippen molar-refractivity contribution in [1.29, 1.82) is 0 Å². The van der Waals surface area contributed by atoms with Gasteiger partial charge in [0.25, 0.3) is 0 Å². The van der Waals surface area contributed by atoms with Crippen molar-refractivity contribution in [2.75, 3.05) is 31.1 Å². The van der Waals surface area contributed by atoms with Gasteiger partial charge in [-0.15, -0.1) is 0 Å². The van der Waals surface area contributed by atoms with E-state index in [4.69, 9.17) is 11.6 Å². The van der Waals surface area contributed by atoms with Crippen LogP contribution in [0.15, 0.2) is 85.5 Å². The zero-order valence-corrected chi connectivity index (χ0v) is 25.0. The Labute approximate surface area is 256 Å². The maximum Gasteiger partial charge on any atom is 0.245 e. The molecule has 2 amide bonds. The van der Waals surface area contributed by atoms with Gasteiger partial charge in [0.05, 0.1) is 12.1 Å². The fourth-order valence-electron chi connectivity index (χ4n) is 6.00. The van der Waals surface area contributed by atoms with Crippen LogP contribution >= 0.6 is 11.6 Å². The second-order valence-corrected chi connectivity index (χ2v) is 12.0. The van der Waals surface area contributed by atoms with Crippen LogP contribution in [0.5, 0.6) is 0 Å². The van der Waals surface area contributed by atoms with E-state index in [0.29, 0.717) is 57.1 Å². The lowest BCUT2D eigenvalue weighted by Crippen LogP contribution is -2.62. The summed E-state index contributed by atoms with van der Waals surface area (Å²) >= 11 is 6.13. The summed E-state index contributed by atoms with van der Waals surface area (Å²) in [4.78, 5) is 36.1. The van der Waals surface area contributed by atoms with Crippen LogP contribution in [0.1, 0.15) is 29.2 Å². The second kappa shape index (κ2) is 12.6. The number of rotatable bonds is 8. The summed E-state index contributed by atoms with van der Waals surface area (Å²) in [6, 6.07) is 23.2. The standard InChI is InChI=1S/C33H36ClN7O2/c1-33(19-25-6-2-3-7-26(25)20-36-33)32(43)38-29(18-24-10-12-28(34)13-11-24)31(42)40-16-14-39(15-17-40)30-9-5-4-8-27(30)21-41-23-35-22-37-41/h2-13,22-23,29,36H,14-21H2,1H3,(H,38,43)/t29-,33?/m1/s1. The predicted molar refractivity (Wildman–Crippen MR) is 167 cm³/mol. The molecule has 2 N–H and O–H groups in total. The van der Waals surface area contributed by atoms with E-state index >= 15 is 0 Å². The Bertz CT molecular complexity index is 1570. The van der Waals surface area contributed by atoms with Crippen LogP contribution in [-0.4, -0.2) is 69.2 Å². The van der Waals surface area contributed by atoms with Crippen LogP contribution in [0.25, 0.3) is 0 Å². The van der Waals surface area contributed by atoms with E-state index in [-0.39, 0.29) is 11.8 Å². The number of nitrogens with one attached hydrogen (secondary N) is 2. The maximum atomic E-state index is 14.0. The van der Waals surface area contributed by atoms with Gasteiger partial charge < -0.3 is 15.1 Å². The lowest BCUT2D eigenvalue weighted by atomic mass is 9.85. The van der Waals surface area contributed by atoms with Crippen molar-refractivity contribution in [3.8, 4) is 0 Å². The van der Waals surface area contributed by atoms with E-state index in [1.165, 1.54) is 11.9 Å². The first-order valence-electron chi connectivity index (χ1n) is 14.7. The van der Waals surface area contributed by atoms with Crippen molar-refractivity contribution in [2.45, 2.75) is 44.4 Å². The predicted octanol–water partition coefficient (Wildman–Crippen LogP) is 3.46. The van der Waals surface area contributed by atoms with Crippen molar-refractivity contribution in [2.24, 2.45) is 0 Å². The van der Waals surface area contributed by atoms with Gasteiger partial charge in [-0.2, -0.15) is 5.10 Å². The van der Waals surface area contributed by atoms with Crippen LogP contribution < -0.4 is 15.5 Å². The van der Waals surface area contributed by atoms with E-state index in [1.54, 1.807) is 6.33 Å². The molecular formula is C33H36ClN7O2. The van der Waals surface area contributed by atoms with E-state index in [2.05, 4.69) is 49.9 Å². The topological polar surface area (TPSA) is 95.4 Å². The van der Waals surface area contributed by atoms with Gasteiger partial charge in [-0.25, -0.2) is 9.67 Å². The largest absolute Gasteiger partial charge is 0.368 e. The fourth-order valence-corrected chi connectivity index (χ4v) is 6.13. The number of aromatic nitrogens is 3. The molecule has 2 aliphatic rings. The number of halogens is 1. The van der Waals surface area contributed by atoms with Crippen LogP contribution in [0.3, 0.4) is 0 Å². The number of nitrogens with zero attached hydrogens (tertiary/aromatic N) is 5. The number of para-hydroxylation sites is 1. The molecule has 2 atom stereocenters. The van der Waals surface area contributed by atoms with Crippen LogP contribution in [0.2, 0.25) is 5.02 Å². The molecule has 1 fully saturated rings. The normalized spacial score (nSPS) is 19.0. The molecular weight excluding hydrogens is 562 g/mol. The Kier molecular flexibility index (Phi) is 8.44. The minimum atomic E-state index is -0.820. The van der Waals surface area contributed by atoms with Crippen LogP contribution in [0, 0.1) is 0 Å². The second-order valence-electron chi connectivity index (χ2n) is 11.5. The molecule has 3 heterocycles. The zero-order chi connectivity index (χ0) is 29.8. The number of hydrogen-bond acceptors (Lipinski definition) is 6. The number of hydrogen-bond donors (Lipinski definition) is 2. The number of fused-ring (bicyclic) bond motifs is 1. The summed E-state index contributed by atoms with van der Waals surface area (Å²) in [5.41, 5.74) is 4.75. The summed E-state index contributed by atoms with van der Waals surface area (Å²) in [7, 11) is 0. The Morgan fingerprint density at radius 1 is 0.977 bits per heavy atom. The first-order valence-corrected chi connectivity index (χ1v) is 15.1. The van der Waals surface area contributed by atoms with Crippen LogP contribution in [-0.2, 0) is 35.5 Å². The summed E-state index contributed by atoms with van der Waals surface area (Å²) in [5.74, 6) is -0.242. The molecule has 1 unspecified atom stereocenters. The first-order chi connectivity index (χ1) is 20.9. The SMILES string of the molecule is CC1(C(=O)N[C@H](Cc2ccc(Cl)cc2)C(=O)N2CCN(c3ccccc3Cn3cncn3)CC2)Cc2ccccc2CN1. The molecule has 9 nitrogen and oxygen atoms in total. The number of piperazine rings is 1. The summed E-state index contributed by atoms with van der Waals surface area (Å²) in [6.45, 7) is 5.66. The highest BCUT2D eigenvalue weighted by Gasteiger charge is 2.39. The number of amides is 2. The quantitative estimate of drug-likeness (QED) is 0.323. The molecule has 0 aliphatic carbocycles. The Hall–Kier alpha value is -4.21. The van der Waals surface area contributed by atoms with E-state index < -0.39 is 11.6 Å². The third-order valence-electron chi connectivity index (χ3n) is 8.51. The molecule has 1 aromatic heterocycles. The summed E-state index contributed by atoms with van der Waals surface area (Å²) in [6.07, 6.45) is 4.19. The average Bonchev–Trinajstić information content (AvgIpc) is 3.55. The minimum Gasteiger partial charge on any atom is -0.368 e. The van der Waals surface area contributed by atoms with Gasteiger partial charge in [0.2, 0.25) is 11.8 Å². The molecule has 1 saturated heterocycles. The Morgan fingerprint density at radius 2 is 1.70 bits per heavy atom. The van der Waals surface area contributed by atoms with Gasteiger partial charge >= 0.3 is 0 Å². The minimum absolute atomic E-state index is 0.0707. The highest BCUT2D eigenvalue weighted by molar-refractivity contribution is 6.30. The first kappa shape index (κ1) is 28.9. The maximum absolute atomic E-state index is 14.0. The summed E-state index contributed by atoms with van der Waals surface area (Å²) in [5, 5.41) is 11.4. The van der Waals surface area contributed by atoms with Gasteiger partial charge in [0, 0.05) is 49.9 Å². The summed E-state index contributed by atoms with van der Waals surface area (Å²) < 4.78 is 1.81. The van der Waals surface area contributed by atoms with E-state index in [1.807, 2.05) is 65.0 Å². The van der Waals surface area contributed by atoms with E-state index in [9.17, 15) is 9.59 Å². The number of carbonyl (C=O) groups is 2. The highest BCUT2D eigenvalue weighted by Crippen LogP contribution is 2.25. The van der Waals surface area contributed by atoms with Gasteiger partial charge in [-0.3, -0.25) is 14.9 Å². The van der Waals surface area contributed by atoms with Gasteiger partial charge in [0.1, 0.15) is 18.7 Å². The van der Waals surface area contributed by atoms with E-state index in [0.717, 1.165) is 22.4 Å². The lowest BCUT2D eigenvalue weighted by molar-refractivity contribution is -0.138. The third kappa shape index (κ3) is 6.58. The molecule has 0 bridgehead atoms. The van der Waals surface area contributed by atoms with Crippen molar-refractivity contribution >= 4 is 29.1 Å². The molecule has 3 aromatic carbocycles. The molecule has 0 spiro atoms.